The van der Waals surface area contributed by atoms with Gasteiger partial charge in [0.1, 0.15) is 0 Å². The highest BCUT2D eigenvalue weighted by Gasteiger charge is 2.15. The molecule has 2 rings (SSSR count). The number of aliphatic hydroxyl groups excluding tert-OH is 1. The van der Waals surface area contributed by atoms with Crippen molar-refractivity contribution in [1.29, 1.82) is 0 Å². The lowest BCUT2D eigenvalue weighted by molar-refractivity contribution is 0.275. The van der Waals surface area contributed by atoms with Crippen molar-refractivity contribution in [2.45, 2.75) is 31.9 Å². The number of hydrogen-bond donors (Lipinski definition) is 2. The van der Waals surface area contributed by atoms with Crippen LogP contribution in [0.2, 0.25) is 0 Å². The van der Waals surface area contributed by atoms with Crippen LogP contribution in [0.5, 0.6) is 0 Å². The Labute approximate surface area is 84.2 Å². The van der Waals surface area contributed by atoms with Gasteiger partial charge in [-0.15, -0.1) is 0 Å². The third-order valence-corrected chi connectivity index (χ3v) is 2.66. The zero-order chi connectivity index (χ0) is 9.80. The summed E-state index contributed by atoms with van der Waals surface area (Å²) in [5.74, 6) is 0. The highest BCUT2D eigenvalue weighted by molar-refractivity contribution is 5.14. The highest BCUT2D eigenvalue weighted by Crippen LogP contribution is 2.21. The topological polar surface area (TPSA) is 45.1 Å². The second kappa shape index (κ2) is 4.53. The molecule has 14 heavy (non-hydrogen) atoms. The molecule has 0 aromatic carbocycles. The average molecular weight is 192 g/mol. The van der Waals surface area contributed by atoms with Gasteiger partial charge in [0.05, 0.1) is 18.0 Å². The van der Waals surface area contributed by atoms with Crippen LogP contribution in [0, 0.1) is 0 Å². The summed E-state index contributed by atoms with van der Waals surface area (Å²) in [5.41, 5.74) is 1.83. The first-order valence-corrected chi connectivity index (χ1v) is 5.20. The molecule has 2 heterocycles. The molecule has 1 saturated heterocycles. The van der Waals surface area contributed by atoms with Gasteiger partial charge in [-0.1, -0.05) is 12.5 Å². The van der Waals surface area contributed by atoms with E-state index in [1.54, 1.807) is 0 Å². The molecule has 0 bridgehead atoms. The SMILES string of the molecule is OCc1cccc(C2CCCCN2)n1. The van der Waals surface area contributed by atoms with Gasteiger partial charge in [-0.3, -0.25) is 4.98 Å². The van der Waals surface area contributed by atoms with Crippen LogP contribution in [0.25, 0.3) is 0 Å². The predicted molar refractivity (Wildman–Crippen MR) is 54.8 cm³/mol. The van der Waals surface area contributed by atoms with Gasteiger partial charge >= 0.3 is 0 Å². The van der Waals surface area contributed by atoms with Crippen LogP contribution in [-0.4, -0.2) is 16.6 Å². The van der Waals surface area contributed by atoms with Crippen molar-refractivity contribution in [3.8, 4) is 0 Å². The number of aliphatic hydroxyl groups is 1. The van der Waals surface area contributed by atoms with Gasteiger partial charge in [-0.05, 0) is 31.5 Å². The van der Waals surface area contributed by atoms with Crippen molar-refractivity contribution in [3.05, 3.63) is 29.6 Å². The number of rotatable bonds is 2. The first-order valence-electron chi connectivity index (χ1n) is 5.20. The van der Waals surface area contributed by atoms with Crippen LogP contribution in [0.3, 0.4) is 0 Å². The van der Waals surface area contributed by atoms with Gasteiger partial charge in [-0.25, -0.2) is 0 Å². The molecule has 1 aromatic rings. The van der Waals surface area contributed by atoms with E-state index in [-0.39, 0.29) is 6.61 Å². The van der Waals surface area contributed by atoms with Crippen LogP contribution in [-0.2, 0) is 6.61 Å². The molecule has 2 N–H and O–H groups in total. The summed E-state index contributed by atoms with van der Waals surface area (Å²) in [5, 5.41) is 12.4. The Hall–Kier alpha value is -0.930. The maximum Gasteiger partial charge on any atom is 0.0853 e. The van der Waals surface area contributed by atoms with E-state index in [2.05, 4.69) is 10.3 Å². The minimum atomic E-state index is 0.0283. The normalized spacial score (nSPS) is 22.2. The standard InChI is InChI=1S/C11H16N2O/c14-8-9-4-3-6-11(13-9)10-5-1-2-7-12-10/h3-4,6,10,12,14H,1-2,5,7-8H2. The quantitative estimate of drug-likeness (QED) is 0.744. The molecule has 1 aliphatic heterocycles. The second-order valence-electron chi connectivity index (χ2n) is 3.71. The Kier molecular flexibility index (Phi) is 3.11. The number of piperidine rings is 1. The van der Waals surface area contributed by atoms with E-state index >= 15 is 0 Å². The van der Waals surface area contributed by atoms with Gasteiger partial charge in [0.15, 0.2) is 0 Å². The largest absolute Gasteiger partial charge is 0.390 e. The smallest absolute Gasteiger partial charge is 0.0853 e. The van der Waals surface area contributed by atoms with Crippen molar-refractivity contribution in [3.63, 3.8) is 0 Å². The Morgan fingerprint density at radius 3 is 3.07 bits per heavy atom. The fourth-order valence-corrected chi connectivity index (χ4v) is 1.88. The van der Waals surface area contributed by atoms with Crippen LogP contribution < -0.4 is 5.32 Å². The van der Waals surface area contributed by atoms with Crippen molar-refractivity contribution in [1.82, 2.24) is 10.3 Å². The number of aromatic nitrogens is 1. The maximum atomic E-state index is 8.98. The Bertz CT molecular complexity index is 295. The van der Waals surface area contributed by atoms with Crippen molar-refractivity contribution in [2.75, 3.05) is 6.54 Å². The molecule has 3 nitrogen and oxygen atoms in total. The molecular formula is C11H16N2O. The van der Waals surface area contributed by atoms with E-state index in [1.165, 1.54) is 12.8 Å². The van der Waals surface area contributed by atoms with E-state index < -0.39 is 0 Å². The van der Waals surface area contributed by atoms with Crippen LogP contribution >= 0.6 is 0 Å². The van der Waals surface area contributed by atoms with Crippen LogP contribution in [0.1, 0.15) is 36.7 Å². The second-order valence-corrected chi connectivity index (χ2v) is 3.71. The predicted octanol–water partition coefficient (Wildman–Crippen LogP) is 1.39. The Balaban J connectivity index is 2.13. The number of pyridine rings is 1. The van der Waals surface area contributed by atoms with Gasteiger partial charge in [-0.2, -0.15) is 0 Å². The fraction of sp³-hybridized carbons (Fsp3) is 0.545. The van der Waals surface area contributed by atoms with Gasteiger partial charge in [0, 0.05) is 6.04 Å². The highest BCUT2D eigenvalue weighted by atomic mass is 16.3. The van der Waals surface area contributed by atoms with Crippen LogP contribution in [0.15, 0.2) is 18.2 Å². The van der Waals surface area contributed by atoms with Gasteiger partial charge < -0.3 is 10.4 Å². The van der Waals surface area contributed by atoms with Crippen LogP contribution in [0.4, 0.5) is 0 Å². The van der Waals surface area contributed by atoms with Crippen molar-refractivity contribution < 1.29 is 5.11 Å². The van der Waals surface area contributed by atoms with Crippen molar-refractivity contribution >= 4 is 0 Å². The molecule has 1 aromatic heterocycles. The third-order valence-electron chi connectivity index (χ3n) is 2.66. The molecule has 0 radical (unpaired) electrons. The molecule has 0 aliphatic carbocycles. The molecular weight excluding hydrogens is 176 g/mol. The Morgan fingerprint density at radius 2 is 2.36 bits per heavy atom. The first-order chi connectivity index (χ1) is 6.90. The zero-order valence-electron chi connectivity index (χ0n) is 8.24. The molecule has 0 saturated carbocycles. The molecule has 3 heteroatoms. The minimum absolute atomic E-state index is 0.0283. The number of nitrogens with zero attached hydrogens (tertiary/aromatic N) is 1. The zero-order valence-corrected chi connectivity index (χ0v) is 8.24. The van der Waals surface area contributed by atoms with E-state index in [0.29, 0.717) is 6.04 Å². The molecule has 76 valence electrons. The first kappa shape index (κ1) is 9.62. The summed E-state index contributed by atoms with van der Waals surface area (Å²) < 4.78 is 0. The fourth-order valence-electron chi connectivity index (χ4n) is 1.88. The maximum absolute atomic E-state index is 8.98. The third kappa shape index (κ3) is 2.11. The van der Waals surface area contributed by atoms with Crippen molar-refractivity contribution in [2.24, 2.45) is 0 Å². The van der Waals surface area contributed by atoms with Gasteiger partial charge in [0.2, 0.25) is 0 Å². The lowest BCUT2D eigenvalue weighted by Gasteiger charge is -2.23. The molecule has 1 unspecified atom stereocenters. The monoisotopic (exact) mass is 192 g/mol. The molecule has 1 fully saturated rings. The minimum Gasteiger partial charge on any atom is -0.390 e. The van der Waals surface area contributed by atoms with E-state index in [1.807, 2.05) is 18.2 Å². The lowest BCUT2D eigenvalue weighted by atomic mass is 10.0. The summed E-state index contributed by atoms with van der Waals surface area (Å²) in [6.07, 6.45) is 3.68. The number of nitrogens with one attached hydrogen (secondary N) is 1. The molecule has 1 aliphatic rings. The summed E-state index contributed by atoms with van der Waals surface area (Å²) in [6.45, 7) is 1.11. The summed E-state index contributed by atoms with van der Waals surface area (Å²) in [6, 6.07) is 6.23. The Morgan fingerprint density at radius 1 is 1.43 bits per heavy atom. The summed E-state index contributed by atoms with van der Waals surface area (Å²) in [7, 11) is 0. The van der Waals surface area contributed by atoms with E-state index in [9.17, 15) is 0 Å². The number of hydrogen-bond acceptors (Lipinski definition) is 3. The van der Waals surface area contributed by atoms with E-state index in [0.717, 1.165) is 24.4 Å². The molecule has 1 atom stereocenters. The van der Waals surface area contributed by atoms with E-state index in [4.69, 9.17) is 5.11 Å². The molecule has 0 amide bonds. The average Bonchev–Trinajstić information content (AvgIpc) is 2.30. The van der Waals surface area contributed by atoms with Gasteiger partial charge in [0.25, 0.3) is 0 Å². The summed E-state index contributed by atoms with van der Waals surface area (Å²) in [4.78, 5) is 4.40. The summed E-state index contributed by atoms with van der Waals surface area (Å²) >= 11 is 0. The molecule has 0 spiro atoms. The lowest BCUT2D eigenvalue weighted by Crippen LogP contribution is -2.27.